The highest BCUT2D eigenvalue weighted by Crippen LogP contribution is 2.38. The molecule has 10 heteroatoms. The first-order chi connectivity index (χ1) is 34.6. The molecule has 0 aromatic rings. The van der Waals surface area contributed by atoms with Crippen molar-refractivity contribution in [2.24, 2.45) is 23.7 Å². The van der Waals surface area contributed by atoms with E-state index in [0.717, 1.165) is 128 Å². The van der Waals surface area contributed by atoms with Crippen LogP contribution in [0.25, 0.3) is 0 Å². The minimum absolute atomic E-state index is 0.160. The zero-order valence-corrected chi connectivity index (χ0v) is 44.4. The van der Waals surface area contributed by atoms with Crippen LogP contribution in [-0.4, -0.2) is 59.4 Å². The lowest BCUT2D eigenvalue weighted by Crippen LogP contribution is -2.41. The molecule has 1 rings (SSSR count). The zero-order chi connectivity index (χ0) is 51.8. The molecule has 10 nitrogen and oxygen atoms in total. The van der Waals surface area contributed by atoms with Gasteiger partial charge >= 0.3 is 29.8 Å². The molecule has 0 saturated carbocycles. The van der Waals surface area contributed by atoms with Crippen molar-refractivity contribution in [1.29, 1.82) is 0 Å². The van der Waals surface area contributed by atoms with E-state index in [1.807, 2.05) is 31.2 Å². The van der Waals surface area contributed by atoms with E-state index in [-0.39, 0.29) is 44.4 Å². The van der Waals surface area contributed by atoms with Gasteiger partial charge in [-0.1, -0.05) is 214 Å². The van der Waals surface area contributed by atoms with Crippen molar-refractivity contribution in [3.63, 3.8) is 0 Å². The van der Waals surface area contributed by atoms with Crippen LogP contribution in [0, 0.1) is 23.7 Å². The predicted octanol–water partition coefficient (Wildman–Crippen LogP) is 15.8. The van der Waals surface area contributed by atoms with Crippen LogP contribution in [0.15, 0.2) is 97.2 Å². The Morgan fingerprint density at radius 2 is 0.817 bits per heavy atom. The van der Waals surface area contributed by atoms with Crippen molar-refractivity contribution >= 4 is 29.8 Å². The molecular weight excluding hydrogens is 893 g/mol. The summed E-state index contributed by atoms with van der Waals surface area (Å²) in [4.78, 5) is 62.5. The van der Waals surface area contributed by atoms with Gasteiger partial charge < -0.3 is 24.4 Å². The molecule has 1 aliphatic rings. The second kappa shape index (κ2) is 46.3. The number of hydrogen-bond acceptors (Lipinski definition) is 8. The Labute approximate surface area is 430 Å². The quantitative estimate of drug-likeness (QED) is 0.0198. The molecule has 2 N–H and O–H groups in total. The molecule has 0 spiro atoms. The Bertz CT molecular complexity index is 1650. The molecule has 5 atom stereocenters. The molecule has 0 saturated heterocycles. The van der Waals surface area contributed by atoms with Crippen LogP contribution >= 0.6 is 0 Å². The van der Waals surface area contributed by atoms with Crippen molar-refractivity contribution in [2.45, 2.75) is 219 Å². The lowest BCUT2D eigenvalue weighted by Gasteiger charge is -2.33. The first-order valence-corrected chi connectivity index (χ1v) is 27.9. The van der Waals surface area contributed by atoms with Crippen LogP contribution in [0.4, 0.5) is 0 Å². The average Bonchev–Trinajstić information content (AvgIpc) is 3.35. The molecule has 0 heterocycles. The smallest absolute Gasteiger partial charge is 0.308 e. The molecule has 0 amide bonds. The van der Waals surface area contributed by atoms with Gasteiger partial charge in [0.25, 0.3) is 0 Å². The summed E-state index contributed by atoms with van der Waals surface area (Å²) >= 11 is 0. The Morgan fingerprint density at radius 3 is 1.24 bits per heavy atom. The van der Waals surface area contributed by atoms with E-state index in [2.05, 4.69) is 86.8 Å². The number of carbonyl (C=O) groups excluding carboxylic acids is 3. The van der Waals surface area contributed by atoms with Crippen molar-refractivity contribution in [3.8, 4) is 0 Å². The minimum atomic E-state index is -1.07. The Kier molecular flexibility index (Phi) is 42.0. The Hall–Kier alpha value is -4.73. The molecular formula is C61H96O10. The van der Waals surface area contributed by atoms with Crippen molar-refractivity contribution < 1.29 is 48.4 Å². The zero-order valence-electron chi connectivity index (χ0n) is 44.4. The number of aliphatic carboxylic acids is 2. The summed E-state index contributed by atoms with van der Waals surface area (Å²) in [5, 5.41) is 19.9. The number of ether oxygens (including phenoxy) is 3. The highest BCUT2D eigenvalue weighted by Gasteiger charge is 2.44. The summed E-state index contributed by atoms with van der Waals surface area (Å²) in [6, 6.07) is 0. The monoisotopic (exact) mass is 989 g/mol. The highest BCUT2D eigenvalue weighted by atomic mass is 16.6. The summed E-state index contributed by atoms with van der Waals surface area (Å²) in [5.74, 6) is -5.92. The molecule has 0 radical (unpaired) electrons. The van der Waals surface area contributed by atoms with Crippen LogP contribution in [-0.2, 0) is 38.2 Å². The summed E-state index contributed by atoms with van der Waals surface area (Å²) in [6.07, 6.45) is 59.2. The summed E-state index contributed by atoms with van der Waals surface area (Å²) in [5.41, 5.74) is 0. The molecule has 0 aromatic carbocycles. The molecule has 0 aliphatic heterocycles. The Balaban J connectivity index is 2.48. The third kappa shape index (κ3) is 36.8. The molecule has 0 fully saturated rings. The third-order valence-electron chi connectivity index (χ3n) is 12.7. The van der Waals surface area contributed by atoms with Crippen LogP contribution in [0.3, 0.4) is 0 Å². The standard InChI is InChI=1S/C61H96O10/c1-4-7-10-12-14-16-18-20-22-24-26-28-32-36-40-45-55(62)69-50-54(71-57(64)47-42-38-33-29-27-25-23-21-19-17-15-13-11-8-5-2)51-70-56(63)46-41-37-34-30-31-35-39-44-53-49-48-52(43-9-6-3)58(60(65)66)59(53)61(67)68/h12-23,39,44,48-49,52-54,58-59H,4-11,24-38,40-43,45-47,50-51H2,1-3H3,(H,65,66)(H,67,68)/b14-12+,15-13+,18-16+,19-17+,22-20+,23-21+,44-39+. The topological polar surface area (TPSA) is 154 Å². The number of hydrogen-bond donors (Lipinski definition) is 2. The number of esters is 3. The normalized spacial score (nSPS) is 17.8. The lowest BCUT2D eigenvalue weighted by atomic mass is 9.69. The summed E-state index contributed by atoms with van der Waals surface area (Å²) < 4.78 is 16.7. The number of unbranched alkanes of at least 4 members (excludes halogenated alkanes) is 20. The van der Waals surface area contributed by atoms with Gasteiger partial charge in [-0.15, -0.1) is 0 Å². The van der Waals surface area contributed by atoms with E-state index in [9.17, 15) is 34.2 Å². The van der Waals surface area contributed by atoms with Gasteiger partial charge in [0.05, 0.1) is 11.8 Å². The molecule has 71 heavy (non-hydrogen) atoms. The number of carboxylic acids is 2. The molecule has 400 valence electrons. The van der Waals surface area contributed by atoms with Gasteiger partial charge in [-0.3, -0.25) is 24.0 Å². The van der Waals surface area contributed by atoms with E-state index in [1.54, 1.807) is 0 Å². The molecule has 5 unspecified atom stereocenters. The predicted molar refractivity (Wildman–Crippen MR) is 290 cm³/mol. The number of rotatable bonds is 45. The van der Waals surface area contributed by atoms with Gasteiger partial charge in [0.2, 0.25) is 0 Å². The summed E-state index contributed by atoms with van der Waals surface area (Å²) in [7, 11) is 0. The SMILES string of the molecule is CCCC/C=C/C=C/C=C/CCCCCCCC(=O)OCC(COC(=O)CCCCCCC/C=C/C1C=CC(CCCC)C(C(=O)O)C1C(=O)O)OC(=O)CCCCCCC/C=C/C=C/C=C/CCCC. The van der Waals surface area contributed by atoms with Crippen LogP contribution in [0.5, 0.6) is 0 Å². The van der Waals surface area contributed by atoms with Gasteiger partial charge in [-0.25, -0.2) is 0 Å². The fourth-order valence-electron chi connectivity index (χ4n) is 8.49. The number of carbonyl (C=O) groups is 5. The fourth-order valence-corrected chi connectivity index (χ4v) is 8.49. The van der Waals surface area contributed by atoms with E-state index in [4.69, 9.17) is 14.2 Å². The second-order valence-electron chi connectivity index (χ2n) is 19.1. The van der Waals surface area contributed by atoms with E-state index >= 15 is 0 Å². The van der Waals surface area contributed by atoms with Gasteiger partial charge in [0.1, 0.15) is 13.2 Å². The van der Waals surface area contributed by atoms with Gasteiger partial charge in [0, 0.05) is 25.2 Å². The number of allylic oxidation sites excluding steroid dienone is 16. The minimum Gasteiger partial charge on any atom is -0.481 e. The molecule has 0 bridgehead atoms. The van der Waals surface area contributed by atoms with Gasteiger partial charge in [-0.2, -0.15) is 0 Å². The first kappa shape index (κ1) is 64.3. The van der Waals surface area contributed by atoms with Crippen molar-refractivity contribution in [1.82, 2.24) is 0 Å². The maximum Gasteiger partial charge on any atom is 0.308 e. The maximum atomic E-state index is 12.9. The largest absolute Gasteiger partial charge is 0.481 e. The first-order valence-electron chi connectivity index (χ1n) is 27.9. The maximum absolute atomic E-state index is 12.9. The van der Waals surface area contributed by atoms with Crippen molar-refractivity contribution in [2.75, 3.05) is 13.2 Å². The third-order valence-corrected chi connectivity index (χ3v) is 12.7. The van der Waals surface area contributed by atoms with Crippen LogP contribution in [0.2, 0.25) is 0 Å². The average molecular weight is 989 g/mol. The van der Waals surface area contributed by atoms with Crippen LogP contribution < -0.4 is 0 Å². The highest BCUT2D eigenvalue weighted by molar-refractivity contribution is 5.81. The lowest BCUT2D eigenvalue weighted by molar-refractivity contribution is -0.167. The Morgan fingerprint density at radius 1 is 0.437 bits per heavy atom. The van der Waals surface area contributed by atoms with Gasteiger partial charge in [-0.05, 0) is 83.0 Å². The second-order valence-corrected chi connectivity index (χ2v) is 19.1. The molecule has 0 aromatic heterocycles. The van der Waals surface area contributed by atoms with Crippen LogP contribution in [0.1, 0.15) is 213 Å². The van der Waals surface area contributed by atoms with E-state index in [1.165, 1.54) is 25.7 Å². The fraction of sp³-hybridized carbons (Fsp3) is 0.656. The van der Waals surface area contributed by atoms with Gasteiger partial charge in [0.15, 0.2) is 6.10 Å². The molecule has 1 aliphatic carbocycles. The van der Waals surface area contributed by atoms with E-state index in [0.29, 0.717) is 19.3 Å². The number of carboxylic acid groups (broad SMARTS) is 2. The summed E-state index contributed by atoms with van der Waals surface area (Å²) in [6.45, 7) is 6.10. The van der Waals surface area contributed by atoms with Crippen molar-refractivity contribution in [3.05, 3.63) is 97.2 Å². The van der Waals surface area contributed by atoms with E-state index < -0.39 is 47.7 Å².